The van der Waals surface area contributed by atoms with Gasteiger partial charge in [-0.05, 0) is 81.2 Å². The Morgan fingerprint density at radius 3 is 2.88 bits per heavy atom. The molecular weight excluding hydrogens is 310 g/mol. The molecule has 0 aromatic heterocycles. The summed E-state index contributed by atoms with van der Waals surface area (Å²) in [4.78, 5) is 2.84. The van der Waals surface area contributed by atoms with Crippen molar-refractivity contribution in [2.45, 2.75) is 81.9 Å². The van der Waals surface area contributed by atoms with Crippen molar-refractivity contribution >= 4 is 0 Å². The fraction of sp³-hybridized carbons (Fsp3) is 0.727. The van der Waals surface area contributed by atoms with Crippen molar-refractivity contribution in [2.24, 2.45) is 5.92 Å². The predicted molar refractivity (Wildman–Crippen MR) is 99.0 cm³/mol. The summed E-state index contributed by atoms with van der Waals surface area (Å²) in [6, 6.07) is 7.52. The third-order valence-corrected chi connectivity index (χ3v) is 7.85. The molecule has 2 saturated carbocycles. The minimum atomic E-state index is 0.330. The van der Waals surface area contributed by atoms with Gasteiger partial charge in [0, 0.05) is 24.1 Å². The quantitative estimate of drug-likeness (QED) is 0.901. The Balaban J connectivity index is 1.52. The van der Waals surface area contributed by atoms with Gasteiger partial charge in [0.1, 0.15) is 5.75 Å². The van der Waals surface area contributed by atoms with Crippen LogP contribution in [-0.2, 0) is 16.6 Å². The number of hydrogen-bond donors (Lipinski definition) is 1. The molecule has 1 heterocycles. The second-order valence-electron chi connectivity index (χ2n) is 8.75. The van der Waals surface area contributed by atoms with Crippen LogP contribution in [0.3, 0.4) is 0 Å². The number of likely N-dealkylation sites (tertiary alicyclic amines) is 1. The van der Waals surface area contributed by atoms with Crippen molar-refractivity contribution in [1.82, 2.24) is 4.90 Å². The van der Waals surface area contributed by atoms with Crippen LogP contribution in [0.4, 0.5) is 0 Å². The lowest BCUT2D eigenvalue weighted by atomic mass is 9.52. The minimum absolute atomic E-state index is 0.330. The summed E-state index contributed by atoms with van der Waals surface area (Å²) < 4.78 is 6.03. The molecule has 0 amide bonds. The van der Waals surface area contributed by atoms with Gasteiger partial charge in [-0.1, -0.05) is 18.9 Å². The zero-order valence-corrected chi connectivity index (χ0v) is 15.4. The molecule has 5 rings (SSSR count). The molecule has 5 atom stereocenters. The smallest absolute Gasteiger partial charge is 0.115 e. The first-order valence-electron chi connectivity index (χ1n) is 10.4. The molecule has 4 aliphatic rings. The maximum Gasteiger partial charge on any atom is 0.115 e. The molecule has 136 valence electrons. The van der Waals surface area contributed by atoms with E-state index >= 15 is 0 Å². The van der Waals surface area contributed by atoms with Crippen LogP contribution in [0.15, 0.2) is 18.2 Å². The first-order valence-corrected chi connectivity index (χ1v) is 10.4. The number of piperidine rings is 1. The van der Waals surface area contributed by atoms with Crippen molar-refractivity contribution in [2.75, 3.05) is 13.2 Å². The number of fused-ring (bicyclic) bond motifs is 1. The van der Waals surface area contributed by atoms with Crippen LogP contribution in [0.1, 0.15) is 63.0 Å². The number of phenolic OH excluding ortho intramolecular Hbond substituents is 1. The second-order valence-corrected chi connectivity index (χ2v) is 8.75. The van der Waals surface area contributed by atoms with Crippen LogP contribution in [-0.4, -0.2) is 41.3 Å². The molecular formula is C22H31NO2. The van der Waals surface area contributed by atoms with Gasteiger partial charge in [-0.15, -0.1) is 0 Å². The van der Waals surface area contributed by atoms with Gasteiger partial charge in [-0.2, -0.15) is 0 Å². The molecule has 2 bridgehead atoms. The van der Waals surface area contributed by atoms with Crippen LogP contribution in [0.25, 0.3) is 0 Å². The van der Waals surface area contributed by atoms with Gasteiger partial charge in [0.25, 0.3) is 0 Å². The second kappa shape index (κ2) is 5.99. The summed E-state index contributed by atoms with van der Waals surface area (Å²) in [5.74, 6) is 1.22. The van der Waals surface area contributed by atoms with Gasteiger partial charge in [-0.3, -0.25) is 4.90 Å². The van der Waals surface area contributed by atoms with Crippen LogP contribution >= 0.6 is 0 Å². The predicted octanol–water partition coefficient (Wildman–Crippen LogP) is 4.02. The fourth-order valence-corrected chi connectivity index (χ4v) is 6.67. The summed E-state index contributed by atoms with van der Waals surface area (Å²) in [5, 5.41) is 10.1. The molecule has 1 aromatic rings. The largest absolute Gasteiger partial charge is 0.508 e. The molecule has 2 unspecified atom stereocenters. The van der Waals surface area contributed by atoms with E-state index in [1.165, 1.54) is 62.6 Å². The molecule has 1 aliphatic heterocycles. The van der Waals surface area contributed by atoms with Crippen molar-refractivity contribution < 1.29 is 9.84 Å². The number of ether oxygens (including phenoxy) is 1. The van der Waals surface area contributed by atoms with Gasteiger partial charge in [0.05, 0.1) is 6.10 Å². The number of nitrogens with zero attached hydrogens (tertiary/aromatic N) is 1. The Hall–Kier alpha value is -1.06. The molecule has 1 aromatic carbocycles. The van der Waals surface area contributed by atoms with E-state index < -0.39 is 0 Å². The highest BCUT2D eigenvalue weighted by atomic mass is 16.5. The van der Waals surface area contributed by atoms with Gasteiger partial charge < -0.3 is 9.84 Å². The first kappa shape index (κ1) is 16.1. The van der Waals surface area contributed by atoms with E-state index in [0.29, 0.717) is 29.4 Å². The molecule has 3 heteroatoms. The van der Waals surface area contributed by atoms with Crippen LogP contribution in [0, 0.1) is 5.92 Å². The third-order valence-electron chi connectivity index (χ3n) is 7.85. The van der Waals surface area contributed by atoms with E-state index in [-0.39, 0.29) is 0 Å². The Morgan fingerprint density at radius 1 is 1.16 bits per heavy atom. The first-order chi connectivity index (χ1) is 12.2. The average molecular weight is 341 g/mol. The highest BCUT2D eigenvalue weighted by molar-refractivity contribution is 5.45. The van der Waals surface area contributed by atoms with Gasteiger partial charge in [0.2, 0.25) is 0 Å². The van der Waals surface area contributed by atoms with E-state index in [4.69, 9.17) is 4.74 Å². The number of benzene rings is 1. The van der Waals surface area contributed by atoms with E-state index in [2.05, 4.69) is 24.0 Å². The normalized spacial score (nSPS) is 40.0. The van der Waals surface area contributed by atoms with E-state index in [9.17, 15) is 5.11 Å². The Kier molecular flexibility index (Phi) is 3.87. The molecule has 25 heavy (non-hydrogen) atoms. The highest BCUT2D eigenvalue weighted by Gasteiger charge is 2.56. The third kappa shape index (κ3) is 2.31. The average Bonchev–Trinajstić information content (AvgIpc) is 2.61. The Labute approximate surface area is 151 Å². The topological polar surface area (TPSA) is 32.7 Å². The van der Waals surface area contributed by atoms with Crippen LogP contribution in [0.2, 0.25) is 0 Å². The Bertz CT molecular complexity index is 659. The molecule has 1 N–H and O–H groups in total. The number of phenols is 1. The van der Waals surface area contributed by atoms with Crippen molar-refractivity contribution in [3.05, 3.63) is 29.3 Å². The number of aromatic hydroxyl groups is 1. The maximum absolute atomic E-state index is 10.1. The SMILES string of the molecule is CCOC1CCC1N1CC[C@@]23CCCC[C@@H]2[C@@H]1Cc1ccc(O)cc13. The monoisotopic (exact) mass is 341 g/mol. The van der Waals surface area contributed by atoms with Crippen molar-refractivity contribution in [3.63, 3.8) is 0 Å². The van der Waals surface area contributed by atoms with Crippen LogP contribution < -0.4 is 0 Å². The van der Waals surface area contributed by atoms with E-state index in [0.717, 1.165) is 18.9 Å². The van der Waals surface area contributed by atoms with E-state index in [1.54, 1.807) is 0 Å². The highest BCUT2D eigenvalue weighted by Crippen LogP contribution is 2.57. The Morgan fingerprint density at radius 2 is 2.08 bits per heavy atom. The van der Waals surface area contributed by atoms with Gasteiger partial charge >= 0.3 is 0 Å². The van der Waals surface area contributed by atoms with Gasteiger partial charge in [0.15, 0.2) is 0 Å². The molecule has 3 aliphatic carbocycles. The zero-order chi connectivity index (χ0) is 17.0. The number of hydrogen-bond acceptors (Lipinski definition) is 3. The fourth-order valence-electron chi connectivity index (χ4n) is 6.67. The van der Waals surface area contributed by atoms with Gasteiger partial charge in [-0.25, -0.2) is 0 Å². The van der Waals surface area contributed by atoms with E-state index in [1.807, 2.05) is 6.07 Å². The number of rotatable bonds is 3. The molecule has 0 spiro atoms. The summed E-state index contributed by atoms with van der Waals surface area (Å²) in [7, 11) is 0. The molecule has 0 radical (unpaired) electrons. The maximum atomic E-state index is 10.1. The summed E-state index contributed by atoms with van der Waals surface area (Å²) >= 11 is 0. The summed E-state index contributed by atoms with van der Waals surface area (Å²) in [6.45, 7) is 4.18. The standard InChI is InChI=1S/C22H31NO2/c1-2-25-21-9-8-19(21)23-12-11-22-10-4-3-5-17(22)20(23)13-15-6-7-16(24)14-18(15)22/h6-7,14,17,19-21,24H,2-5,8-13H2,1H3/t17-,19?,20+,21?,22+/m1/s1. The minimum Gasteiger partial charge on any atom is -0.508 e. The molecule has 3 fully saturated rings. The molecule has 3 nitrogen and oxygen atoms in total. The lowest BCUT2D eigenvalue weighted by molar-refractivity contribution is -0.118. The van der Waals surface area contributed by atoms with Crippen molar-refractivity contribution in [3.8, 4) is 5.75 Å². The lowest BCUT2D eigenvalue weighted by Gasteiger charge is -2.62. The molecule has 1 saturated heterocycles. The van der Waals surface area contributed by atoms with Crippen LogP contribution in [0.5, 0.6) is 5.75 Å². The summed E-state index contributed by atoms with van der Waals surface area (Å²) in [6.07, 6.45) is 10.8. The zero-order valence-electron chi connectivity index (χ0n) is 15.4. The van der Waals surface area contributed by atoms with Crippen molar-refractivity contribution in [1.29, 1.82) is 0 Å². The summed E-state index contributed by atoms with van der Waals surface area (Å²) in [5.41, 5.74) is 3.32. The lowest BCUT2D eigenvalue weighted by Crippen LogP contribution is -2.66.